The van der Waals surface area contributed by atoms with Gasteiger partial charge in [-0.05, 0) is 57.3 Å². The van der Waals surface area contributed by atoms with Crippen molar-refractivity contribution in [3.05, 3.63) is 0 Å². The fourth-order valence-electron chi connectivity index (χ4n) is 5.04. The minimum atomic E-state index is -0.211. The van der Waals surface area contributed by atoms with Crippen molar-refractivity contribution in [1.29, 1.82) is 0 Å². The van der Waals surface area contributed by atoms with Gasteiger partial charge in [0.05, 0.1) is 23.4 Å². The third kappa shape index (κ3) is 5.18. The van der Waals surface area contributed by atoms with Gasteiger partial charge in [0.2, 0.25) is 11.8 Å². The molecule has 0 bridgehead atoms. The molecule has 8 atom stereocenters. The number of nitrogens with one attached hydrogen (secondary N) is 2. The fraction of sp³-hybridized carbons (Fsp3) is 0.917. The highest BCUT2D eigenvalue weighted by Crippen LogP contribution is 2.51. The van der Waals surface area contributed by atoms with Crippen LogP contribution in [0, 0.1) is 29.1 Å². The van der Waals surface area contributed by atoms with E-state index in [2.05, 4.69) is 59.1 Å². The molecule has 3 rings (SSSR count). The molecule has 2 N–H and O–H groups in total. The summed E-state index contributed by atoms with van der Waals surface area (Å²) in [6.07, 6.45) is 3.19. The molecule has 0 aromatic heterocycles. The van der Waals surface area contributed by atoms with Crippen molar-refractivity contribution in [2.45, 2.75) is 98.1 Å². The molecule has 3 aliphatic rings. The maximum Gasteiger partial charge on any atom is 0.223 e. The summed E-state index contributed by atoms with van der Waals surface area (Å²) in [5.41, 5.74) is -0.276. The van der Waals surface area contributed by atoms with Crippen LogP contribution in [-0.2, 0) is 19.1 Å². The normalized spacial score (nSPS) is 39.5. The van der Waals surface area contributed by atoms with E-state index in [1.165, 1.54) is 0 Å². The molecule has 3 fully saturated rings. The lowest BCUT2D eigenvalue weighted by molar-refractivity contribution is -0.127. The number of ether oxygens (including phenoxy) is 2. The van der Waals surface area contributed by atoms with Gasteiger partial charge >= 0.3 is 0 Å². The molecule has 0 radical (unpaired) electrons. The van der Waals surface area contributed by atoms with Crippen LogP contribution < -0.4 is 10.6 Å². The van der Waals surface area contributed by atoms with Crippen LogP contribution in [0.4, 0.5) is 0 Å². The maximum absolute atomic E-state index is 12.8. The molecule has 1 saturated carbocycles. The largest absolute Gasteiger partial charge is 0.367 e. The van der Waals surface area contributed by atoms with E-state index in [0.29, 0.717) is 19.0 Å². The van der Waals surface area contributed by atoms with Crippen LogP contribution in [0.2, 0.25) is 0 Å². The molecule has 2 amide bonds. The zero-order valence-electron chi connectivity index (χ0n) is 20.1. The minimum absolute atomic E-state index is 0.00860. The first-order valence-electron chi connectivity index (χ1n) is 11.7. The standard InChI is InChI=1S/C24H42N2O4/c1-14(10-23(7)17(4)29-23)16(3)20(27)25-12-22(5,6)13-26-21(28)18-9-19-24(8,30-19)11-15(18)2/h14-19H,9-13H2,1-8H3,(H,25,27)(H,26,28). The van der Waals surface area contributed by atoms with Crippen LogP contribution in [0.3, 0.4) is 0 Å². The number of hydrogen-bond donors (Lipinski definition) is 2. The van der Waals surface area contributed by atoms with Crippen LogP contribution in [0.25, 0.3) is 0 Å². The lowest BCUT2D eigenvalue weighted by atomic mass is 9.75. The van der Waals surface area contributed by atoms with Gasteiger partial charge in [-0.15, -0.1) is 0 Å². The van der Waals surface area contributed by atoms with E-state index in [1.54, 1.807) is 0 Å². The van der Waals surface area contributed by atoms with Crippen LogP contribution in [0.15, 0.2) is 0 Å². The Morgan fingerprint density at radius 1 is 1.10 bits per heavy atom. The van der Waals surface area contributed by atoms with E-state index < -0.39 is 0 Å². The van der Waals surface area contributed by atoms with Crippen LogP contribution in [0.1, 0.15) is 74.7 Å². The zero-order chi connectivity index (χ0) is 22.5. The van der Waals surface area contributed by atoms with E-state index in [9.17, 15) is 9.59 Å². The number of epoxide rings is 2. The van der Waals surface area contributed by atoms with Gasteiger partial charge in [-0.1, -0.05) is 34.6 Å². The van der Waals surface area contributed by atoms with Gasteiger partial charge < -0.3 is 20.1 Å². The Balaban J connectivity index is 1.40. The molecular weight excluding hydrogens is 380 g/mol. The second-order valence-electron chi connectivity index (χ2n) is 11.6. The van der Waals surface area contributed by atoms with Crippen molar-refractivity contribution in [2.24, 2.45) is 29.1 Å². The smallest absolute Gasteiger partial charge is 0.223 e. The molecule has 1 aliphatic carbocycles. The van der Waals surface area contributed by atoms with Gasteiger partial charge in [0.25, 0.3) is 0 Å². The predicted octanol–water partition coefficient (Wildman–Crippen LogP) is 3.29. The lowest BCUT2D eigenvalue weighted by Crippen LogP contribution is -2.46. The van der Waals surface area contributed by atoms with E-state index >= 15 is 0 Å². The van der Waals surface area contributed by atoms with Gasteiger partial charge in [0.15, 0.2) is 0 Å². The summed E-state index contributed by atoms with van der Waals surface area (Å²) in [4.78, 5) is 25.4. The summed E-state index contributed by atoms with van der Waals surface area (Å²) in [6.45, 7) is 17.8. The predicted molar refractivity (Wildman–Crippen MR) is 117 cm³/mol. The Labute approximate surface area is 182 Å². The number of carbonyl (C=O) groups is 2. The van der Waals surface area contributed by atoms with Gasteiger partial charge in [0.1, 0.15) is 0 Å². The summed E-state index contributed by atoms with van der Waals surface area (Å²) >= 11 is 0. The Hall–Kier alpha value is -1.14. The Morgan fingerprint density at radius 3 is 2.30 bits per heavy atom. The average Bonchev–Trinajstić information content (AvgIpc) is 3.49. The van der Waals surface area contributed by atoms with Crippen LogP contribution in [-0.4, -0.2) is 48.3 Å². The van der Waals surface area contributed by atoms with Crippen molar-refractivity contribution in [3.8, 4) is 0 Å². The van der Waals surface area contributed by atoms with Crippen molar-refractivity contribution >= 4 is 11.8 Å². The molecule has 2 heterocycles. The lowest BCUT2D eigenvalue weighted by Gasteiger charge is -2.31. The molecule has 8 unspecified atom stereocenters. The summed E-state index contributed by atoms with van der Waals surface area (Å²) in [7, 11) is 0. The van der Waals surface area contributed by atoms with Crippen molar-refractivity contribution in [1.82, 2.24) is 10.6 Å². The molecule has 172 valence electrons. The van der Waals surface area contributed by atoms with E-state index in [1.807, 2.05) is 6.92 Å². The van der Waals surface area contributed by atoms with E-state index in [4.69, 9.17) is 9.47 Å². The molecule has 0 spiro atoms. The van der Waals surface area contributed by atoms with Gasteiger partial charge in [-0.25, -0.2) is 0 Å². The van der Waals surface area contributed by atoms with E-state index in [-0.39, 0.29) is 58.4 Å². The third-order valence-electron chi connectivity index (χ3n) is 7.98. The molecule has 30 heavy (non-hydrogen) atoms. The number of amides is 2. The first-order chi connectivity index (χ1) is 13.8. The quantitative estimate of drug-likeness (QED) is 0.559. The Kier molecular flexibility index (Phi) is 6.34. The van der Waals surface area contributed by atoms with Crippen molar-refractivity contribution < 1.29 is 19.1 Å². The summed E-state index contributed by atoms with van der Waals surface area (Å²) in [5.74, 6) is 0.729. The number of rotatable bonds is 9. The molecule has 6 heteroatoms. The molecule has 2 aliphatic heterocycles. The maximum atomic E-state index is 12.8. The molecule has 0 aromatic rings. The van der Waals surface area contributed by atoms with Gasteiger partial charge in [0, 0.05) is 24.9 Å². The number of fused-ring (bicyclic) bond motifs is 1. The Morgan fingerprint density at radius 2 is 1.70 bits per heavy atom. The molecule has 0 aromatic carbocycles. The minimum Gasteiger partial charge on any atom is -0.367 e. The average molecular weight is 423 g/mol. The van der Waals surface area contributed by atoms with Crippen LogP contribution in [0.5, 0.6) is 0 Å². The monoisotopic (exact) mass is 422 g/mol. The van der Waals surface area contributed by atoms with Gasteiger partial charge in [-0.2, -0.15) is 0 Å². The molecule has 6 nitrogen and oxygen atoms in total. The first kappa shape index (κ1) is 23.5. The number of carbonyl (C=O) groups excluding carboxylic acids is 2. The SMILES string of the molecule is CC(CC1(C)OC1C)C(C)C(=O)NCC(C)(C)CNC(=O)C1CC2OC2(C)CC1C. The Bertz CT molecular complexity index is 680. The highest BCUT2D eigenvalue weighted by Gasteiger charge is 2.58. The summed E-state index contributed by atoms with van der Waals surface area (Å²) < 4.78 is 11.4. The third-order valence-corrected chi connectivity index (χ3v) is 7.98. The zero-order valence-corrected chi connectivity index (χ0v) is 20.1. The number of hydrogen-bond acceptors (Lipinski definition) is 4. The van der Waals surface area contributed by atoms with Gasteiger partial charge in [-0.3, -0.25) is 9.59 Å². The highest BCUT2D eigenvalue weighted by atomic mass is 16.6. The topological polar surface area (TPSA) is 83.3 Å². The summed E-state index contributed by atoms with van der Waals surface area (Å²) in [5, 5.41) is 6.23. The molecular formula is C24H42N2O4. The fourth-order valence-corrected chi connectivity index (χ4v) is 5.04. The molecule has 2 saturated heterocycles. The highest BCUT2D eigenvalue weighted by molar-refractivity contribution is 5.79. The first-order valence-corrected chi connectivity index (χ1v) is 11.7. The van der Waals surface area contributed by atoms with Crippen LogP contribution >= 0.6 is 0 Å². The second-order valence-corrected chi connectivity index (χ2v) is 11.6. The summed E-state index contributed by atoms with van der Waals surface area (Å²) in [6, 6.07) is 0. The van der Waals surface area contributed by atoms with Crippen molar-refractivity contribution in [2.75, 3.05) is 13.1 Å². The second kappa shape index (κ2) is 8.09. The van der Waals surface area contributed by atoms with Crippen molar-refractivity contribution in [3.63, 3.8) is 0 Å². The van der Waals surface area contributed by atoms with E-state index in [0.717, 1.165) is 19.3 Å².